The molecule has 3 aliphatic rings. The molecule has 2 aromatic rings. The highest BCUT2D eigenvalue weighted by atomic mass is 19.1. The fourth-order valence-electron chi connectivity index (χ4n) is 4.71. The van der Waals surface area contributed by atoms with E-state index in [1.54, 1.807) is 6.07 Å². The van der Waals surface area contributed by atoms with Gasteiger partial charge in [-0.2, -0.15) is 0 Å². The lowest BCUT2D eigenvalue weighted by atomic mass is 9.96. The lowest BCUT2D eigenvalue weighted by Crippen LogP contribution is -2.39. The lowest BCUT2D eigenvalue weighted by Gasteiger charge is -2.34. The number of cyclic esters (lactones) is 1. The number of aliphatic imine (C=N–C) groups is 1. The summed E-state index contributed by atoms with van der Waals surface area (Å²) in [4.78, 5) is 18.7. The van der Waals surface area contributed by atoms with E-state index in [0.29, 0.717) is 24.3 Å². The van der Waals surface area contributed by atoms with Gasteiger partial charge in [0.25, 0.3) is 0 Å². The van der Waals surface area contributed by atoms with Crippen LogP contribution in [0.5, 0.6) is 0 Å². The molecule has 7 heteroatoms. The zero-order valence-corrected chi connectivity index (χ0v) is 18.2. The first kappa shape index (κ1) is 20.8. The highest BCUT2D eigenvalue weighted by Gasteiger charge is 2.26. The van der Waals surface area contributed by atoms with E-state index in [4.69, 9.17) is 10.5 Å². The van der Waals surface area contributed by atoms with E-state index >= 15 is 0 Å². The van der Waals surface area contributed by atoms with Gasteiger partial charge in [0.1, 0.15) is 18.6 Å². The van der Waals surface area contributed by atoms with Crippen molar-refractivity contribution in [1.82, 2.24) is 10.2 Å². The maximum atomic E-state index is 14.5. The molecule has 0 aromatic heterocycles. The van der Waals surface area contributed by atoms with Crippen LogP contribution in [0.1, 0.15) is 50.8 Å². The summed E-state index contributed by atoms with van der Waals surface area (Å²) in [6.45, 7) is 5.46. The van der Waals surface area contributed by atoms with Crippen LogP contribution >= 0.6 is 0 Å². The monoisotopic (exact) mass is 434 g/mol. The number of hydrogen-bond acceptors (Lipinski definition) is 6. The molecule has 0 spiro atoms. The molecule has 1 atom stereocenters. The molecule has 0 radical (unpaired) electrons. The number of esters is 1. The molecule has 3 heterocycles. The van der Waals surface area contributed by atoms with Crippen molar-refractivity contribution in [2.45, 2.75) is 39.1 Å². The molecule has 0 saturated carbocycles. The number of nitrogens with two attached hydrogens (primary N) is 1. The SMILES string of the molecule is Cc1c(CCN2CCC3=C(C=NC(c4ccc(CN)cc4F)N3)C2)ccc2c1COC2=O. The third kappa shape index (κ3) is 3.82. The predicted molar refractivity (Wildman–Crippen MR) is 121 cm³/mol. The Morgan fingerprint density at radius 2 is 2.19 bits per heavy atom. The Labute approximate surface area is 187 Å². The van der Waals surface area contributed by atoms with Crippen molar-refractivity contribution in [2.24, 2.45) is 10.7 Å². The zero-order valence-electron chi connectivity index (χ0n) is 18.2. The molecule has 3 aliphatic heterocycles. The van der Waals surface area contributed by atoms with Crippen LogP contribution in [-0.4, -0.2) is 36.7 Å². The summed E-state index contributed by atoms with van der Waals surface area (Å²) in [6, 6.07) is 9.05. The number of nitrogens with one attached hydrogen (secondary N) is 1. The summed E-state index contributed by atoms with van der Waals surface area (Å²) in [6.07, 6.45) is 3.29. The first-order chi connectivity index (χ1) is 15.5. The number of carbonyl (C=O) groups excluding carboxylic acids is 1. The van der Waals surface area contributed by atoms with E-state index in [1.807, 2.05) is 24.4 Å². The molecule has 0 bridgehead atoms. The maximum Gasteiger partial charge on any atom is 0.338 e. The van der Waals surface area contributed by atoms with Gasteiger partial charge in [-0.25, -0.2) is 9.18 Å². The maximum absolute atomic E-state index is 14.5. The second-order valence-electron chi connectivity index (χ2n) is 8.62. The molecule has 166 valence electrons. The van der Waals surface area contributed by atoms with E-state index in [1.165, 1.54) is 11.6 Å². The van der Waals surface area contributed by atoms with Crippen LogP contribution in [0.15, 0.2) is 46.6 Å². The first-order valence-corrected chi connectivity index (χ1v) is 11.0. The predicted octanol–water partition coefficient (Wildman–Crippen LogP) is 3.14. The van der Waals surface area contributed by atoms with Gasteiger partial charge in [-0.1, -0.05) is 18.2 Å². The number of nitrogens with zero attached hydrogens (tertiary/aromatic N) is 2. The summed E-state index contributed by atoms with van der Waals surface area (Å²) in [7, 11) is 0. The van der Waals surface area contributed by atoms with Crippen LogP contribution in [0.3, 0.4) is 0 Å². The molecule has 6 nitrogen and oxygen atoms in total. The first-order valence-electron chi connectivity index (χ1n) is 11.0. The molecule has 1 unspecified atom stereocenters. The molecule has 5 rings (SSSR count). The quantitative estimate of drug-likeness (QED) is 0.707. The topological polar surface area (TPSA) is 79.9 Å². The zero-order chi connectivity index (χ0) is 22.2. The minimum absolute atomic E-state index is 0.220. The summed E-state index contributed by atoms with van der Waals surface area (Å²) < 4.78 is 19.7. The minimum atomic E-state index is -0.397. The third-order valence-corrected chi connectivity index (χ3v) is 6.72. The highest BCUT2D eigenvalue weighted by Crippen LogP contribution is 2.29. The van der Waals surface area contributed by atoms with Crippen molar-refractivity contribution < 1.29 is 13.9 Å². The molecule has 0 fully saturated rings. The Morgan fingerprint density at radius 1 is 1.31 bits per heavy atom. The van der Waals surface area contributed by atoms with Crippen LogP contribution in [0, 0.1) is 12.7 Å². The third-order valence-electron chi connectivity index (χ3n) is 6.72. The Balaban J connectivity index is 1.22. The smallest absolute Gasteiger partial charge is 0.338 e. The van der Waals surface area contributed by atoms with Crippen LogP contribution in [-0.2, 0) is 24.3 Å². The summed E-state index contributed by atoms with van der Waals surface area (Å²) in [5.41, 5.74) is 13.4. The molecule has 0 aliphatic carbocycles. The van der Waals surface area contributed by atoms with Gasteiger partial charge in [-0.3, -0.25) is 9.89 Å². The van der Waals surface area contributed by atoms with Crippen LogP contribution in [0.4, 0.5) is 4.39 Å². The van der Waals surface area contributed by atoms with Crippen molar-refractivity contribution in [2.75, 3.05) is 19.6 Å². The van der Waals surface area contributed by atoms with Crippen molar-refractivity contribution in [3.05, 3.63) is 80.8 Å². The fraction of sp³-hybridized carbons (Fsp3) is 0.360. The lowest BCUT2D eigenvalue weighted by molar-refractivity contribution is 0.0535. The van der Waals surface area contributed by atoms with Crippen LogP contribution < -0.4 is 11.1 Å². The molecule has 3 N–H and O–H groups in total. The number of ether oxygens (including phenoxy) is 1. The van der Waals surface area contributed by atoms with Gasteiger partial charge < -0.3 is 15.8 Å². The summed E-state index contributed by atoms with van der Waals surface area (Å²) in [5.74, 6) is -0.497. The summed E-state index contributed by atoms with van der Waals surface area (Å²) >= 11 is 0. The molecular formula is C25H27FN4O2. The van der Waals surface area contributed by atoms with Crippen molar-refractivity contribution in [3.63, 3.8) is 0 Å². The van der Waals surface area contributed by atoms with Gasteiger partial charge >= 0.3 is 5.97 Å². The van der Waals surface area contributed by atoms with Gasteiger partial charge in [0.05, 0.1) is 5.56 Å². The minimum Gasteiger partial charge on any atom is -0.457 e. The Morgan fingerprint density at radius 3 is 3.00 bits per heavy atom. The molecule has 2 aromatic carbocycles. The summed E-state index contributed by atoms with van der Waals surface area (Å²) in [5, 5.41) is 3.42. The Bertz CT molecular complexity index is 1140. The number of hydrogen-bond donors (Lipinski definition) is 2. The second kappa shape index (κ2) is 8.48. The van der Waals surface area contributed by atoms with Crippen molar-refractivity contribution >= 4 is 12.2 Å². The van der Waals surface area contributed by atoms with Gasteiger partial charge in [0.15, 0.2) is 0 Å². The Kier molecular flexibility index (Phi) is 5.53. The van der Waals surface area contributed by atoms with E-state index in [2.05, 4.69) is 22.1 Å². The van der Waals surface area contributed by atoms with Crippen molar-refractivity contribution in [3.8, 4) is 0 Å². The van der Waals surface area contributed by atoms with E-state index in [-0.39, 0.29) is 11.8 Å². The number of rotatable bonds is 5. The largest absolute Gasteiger partial charge is 0.457 e. The number of benzene rings is 2. The average molecular weight is 435 g/mol. The fourth-order valence-corrected chi connectivity index (χ4v) is 4.71. The van der Waals surface area contributed by atoms with E-state index in [9.17, 15) is 9.18 Å². The van der Waals surface area contributed by atoms with E-state index < -0.39 is 6.17 Å². The number of carbonyl (C=O) groups is 1. The van der Waals surface area contributed by atoms with Gasteiger partial charge in [0, 0.05) is 61.2 Å². The van der Waals surface area contributed by atoms with Crippen LogP contribution in [0.2, 0.25) is 0 Å². The Hall–Kier alpha value is -3.03. The molecule has 0 amide bonds. The second-order valence-corrected chi connectivity index (χ2v) is 8.62. The number of fused-ring (bicyclic) bond motifs is 1. The average Bonchev–Trinajstić information content (AvgIpc) is 3.19. The van der Waals surface area contributed by atoms with Crippen LogP contribution in [0.25, 0.3) is 0 Å². The van der Waals surface area contributed by atoms with Gasteiger partial charge in [-0.15, -0.1) is 0 Å². The standard InChI is InChI=1S/C25H27FN4O2/c1-15-17(3-5-19-21(15)14-32-25(19)31)6-8-30-9-7-23-18(13-30)12-28-24(29-23)20-4-2-16(11-27)10-22(20)26/h2-5,10,12,24,29H,6-9,11,13-14,27H2,1H3. The number of halogens is 1. The normalized spacial score (nSPS) is 20.1. The molecular weight excluding hydrogens is 407 g/mol. The van der Waals surface area contributed by atoms with Gasteiger partial charge in [-0.05, 0) is 42.2 Å². The molecule has 32 heavy (non-hydrogen) atoms. The highest BCUT2D eigenvalue weighted by molar-refractivity contribution is 5.93. The van der Waals surface area contributed by atoms with E-state index in [0.717, 1.165) is 60.4 Å². The van der Waals surface area contributed by atoms with Crippen molar-refractivity contribution in [1.29, 1.82) is 0 Å². The van der Waals surface area contributed by atoms with Gasteiger partial charge in [0.2, 0.25) is 0 Å². The molecule has 0 saturated heterocycles.